The summed E-state index contributed by atoms with van der Waals surface area (Å²) in [5, 5.41) is 0. The van der Waals surface area contributed by atoms with E-state index in [1.807, 2.05) is 0 Å². The van der Waals surface area contributed by atoms with Gasteiger partial charge in [0.2, 0.25) is 0 Å². The summed E-state index contributed by atoms with van der Waals surface area (Å²) >= 11 is 0. The number of carbonyl (C=O) groups is 2. The second kappa shape index (κ2) is 11.3. The van der Waals surface area contributed by atoms with E-state index in [1.165, 1.54) is 6.92 Å². The first-order chi connectivity index (χ1) is 11.9. The summed E-state index contributed by atoms with van der Waals surface area (Å²) in [5.41, 5.74) is 0.443. The highest BCUT2D eigenvalue weighted by molar-refractivity contribution is 5.86. The molecule has 1 rings (SSSR count). The topological polar surface area (TPSA) is 52.6 Å². The minimum Gasteiger partial charge on any atom is -0.462 e. The van der Waals surface area contributed by atoms with Crippen LogP contribution in [0.25, 0.3) is 0 Å². The normalized spacial score (nSPS) is 26.1. The summed E-state index contributed by atoms with van der Waals surface area (Å²) in [6.45, 7) is 11.6. The lowest BCUT2D eigenvalue weighted by Gasteiger charge is -2.41. The highest BCUT2D eigenvalue weighted by Crippen LogP contribution is 2.40. The molecule has 0 N–H and O–H groups in total. The van der Waals surface area contributed by atoms with E-state index in [9.17, 15) is 9.59 Å². The SMILES string of the molecule is C=C(C)C(=O)OCC1CC(CCCC)C(OC(C)=O)C(CCCC)C1. The number of unbranched alkanes of at least 4 members (excludes halogenated alkanes) is 2. The Morgan fingerprint density at radius 2 is 1.52 bits per heavy atom. The molecule has 0 aromatic rings. The van der Waals surface area contributed by atoms with Crippen molar-refractivity contribution in [3.63, 3.8) is 0 Å². The summed E-state index contributed by atoms with van der Waals surface area (Å²) < 4.78 is 11.2. The van der Waals surface area contributed by atoms with Gasteiger partial charge in [-0.3, -0.25) is 4.79 Å². The van der Waals surface area contributed by atoms with Crippen molar-refractivity contribution in [3.05, 3.63) is 12.2 Å². The van der Waals surface area contributed by atoms with Crippen LogP contribution in [-0.2, 0) is 19.1 Å². The van der Waals surface area contributed by atoms with Gasteiger partial charge < -0.3 is 9.47 Å². The first kappa shape index (κ1) is 21.7. The average molecular weight is 353 g/mol. The Kier molecular flexibility index (Phi) is 9.84. The van der Waals surface area contributed by atoms with Crippen molar-refractivity contribution in [2.24, 2.45) is 17.8 Å². The van der Waals surface area contributed by atoms with Crippen molar-refractivity contribution < 1.29 is 19.1 Å². The largest absolute Gasteiger partial charge is 0.462 e. The van der Waals surface area contributed by atoms with Gasteiger partial charge in [0.25, 0.3) is 0 Å². The number of ether oxygens (including phenoxy) is 2. The van der Waals surface area contributed by atoms with Gasteiger partial charge in [-0.05, 0) is 50.4 Å². The van der Waals surface area contributed by atoms with Gasteiger partial charge in [-0.25, -0.2) is 4.79 Å². The van der Waals surface area contributed by atoms with Crippen LogP contribution in [0.3, 0.4) is 0 Å². The van der Waals surface area contributed by atoms with Crippen molar-refractivity contribution >= 4 is 11.9 Å². The van der Waals surface area contributed by atoms with E-state index in [4.69, 9.17) is 9.47 Å². The Morgan fingerprint density at radius 1 is 1.00 bits per heavy atom. The number of hydrogen-bond acceptors (Lipinski definition) is 4. The molecule has 0 aromatic heterocycles. The zero-order valence-electron chi connectivity index (χ0n) is 16.5. The van der Waals surface area contributed by atoms with Crippen molar-refractivity contribution in [3.8, 4) is 0 Å². The molecule has 4 nitrogen and oxygen atoms in total. The Hall–Kier alpha value is -1.32. The number of hydrogen-bond donors (Lipinski definition) is 0. The molecular formula is C21H36O4. The quantitative estimate of drug-likeness (QED) is 0.407. The third-order valence-corrected chi connectivity index (χ3v) is 5.16. The van der Waals surface area contributed by atoms with Crippen LogP contribution in [0.1, 0.15) is 79.1 Å². The zero-order valence-corrected chi connectivity index (χ0v) is 16.5. The standard InChI is InChI=1S/C21H36O4/c1-6-8-10-18-12-17(14-24-21(23)15(3)4)13-19(11-9-7-2)20(18)25-16(5)22/h17-20H,3,6-14H2,1-2,4-5H3. The van der Waals surface area contributed by atoms with Gasteiger partial charge in [0, 0.05) is 12.5 Å². The molecule has 0 spiro atoms. The molecule has 4 heteroatoms. The second-order valence-electron chi connectivity index (χ2n) is 7.59. The van der Waals surface area contributed by atoms with Gasteiger partial charge in [0.1, 0.15) is 6.10 Å². The molecule has 1 aliphatic rings. The summed E-state index contributed by atoms with van der Waals surface area (Å²) in [6, 6.07) is 0. The summed E-state index contributed by atoms with van der Waals surface area (Å²) in [4.78, 5) is 23.3. The summed E-state index contributed by atoms with van der Waals surface area (Å²) in [7, 11) is 0. The lowest BCUT2D eigenvalue weighted by atomic mass is 9.70. The Labute approximate surface area is 153 Å². The first-order valence-electron chi connectivity index (χ1n) is 9.88. The Morgan fingerprint density at radius 3 is 1.92 bits per heavy atom. The van der Waals surface area contributed by atoms with Gasteiger partial charge in [-0.2, -0.15) is 0 Å². The van der Waals surface area contributed by atoms with Crippen LogP contribution in [-0.4, -0.2) is 24.6 Å². The van der Waals surface area contributed by atoms with E-state index in [-0.39, 0.29) is 18.0 Å². The molecule has 144 valence electrons. The van der Waals surface area contributed by atoms with Crippen LogP contribution in [0.2, 0.25) is 0 Å². The van der Waals surface area contributed by atoms with Crippen molar-refractivity contribution in [2.45, 2.75) is 85.2 Å². The van der Waals surface area contributed by atoms with Gasteiger partial charge >= 0.3 is 11.9 Å². The third-order valence-electron chi connectivity index (χ3n) is 5.16. The molecule has 0 amide bonds. The monoisotopic (exact) mass is 352 g/mol. The van der Waals surface area contributed by atoms with E-state index < -0.39 is 0 Å². The van der Waals surface area contributed by atoms with Gasteiger partial charge in [0.15, 0.2) is 0 Å². The molecule has 0 bridgehead atoms. The molecule has 0 aromatic carbocycles. The van der Waals surface area contributed by atoms with Crippen LogP contribution in [0.4, 0.5) is 0 Å². The molecule has 1 fully saturated rings. The molecule has 0 heterocycles. The van der Waals surface area contributed by atoms with Crippen LogP contribution in [0.5, 0.6) is 0 Å². The number of esters is 2. The smallest absolute Gasteiger partial charge is 0.333 e. The van der Waals surface area contributed by atoms with Crippen LogP contribution in [0, 0.1) is 17.8 Å². The molecular weight excluding hydrogens is 316 g/mol. The van der Waals surface area contributed by atoms with Crippen LogP contribution >= 0.6 is 0 Å². The second-order valence-corrected chi connectivity index (χ2v) is 7.59. The van der Waals surface area contributed by atoms with E-state index in [1.54, 1.807) is 6.92 Å². The van der Waals surface area contributed by atoms with Crippen molar-refractivity contribution in [1.29, 1.82) is 0 Å². The Balaban J connectivity index is 2.81. The molecule has 0 radical (unpaired) electrons. The molecule has 0 saturated heterocycles. The van der Waals surface area contributed by atoms with E-state index in [0.29, 0.717) is 29.9 Å². The zero-order chi connectivity index (χ0) is 18.8. The summed E-state index contributed by atoms with van der Waals surface area (Å²) in [6.07, 6.45) is 8.64. The Bertz CT molecular complexity index is 425. The lowest BCUT2D eigenvalue weighted by Crippen LogP contribution is -2.41. The predicted molar refractivity (Wildman–Crippen MR) is 100 cm³/mol. The average Bonchev–Trinajstić information content (AvgIpc) is 2.57. The maximum atomic E-state index is 11.7. The number of rotatable bonds is 10. The van der Waals surface area contributed by atoms with E-state index >= 15 is 0 Å². The highest BCUT2D eigenvalue weighted by Gasteiger charge is 2.39. The molecule has 0 aliphatic heterocycles. The predicted octanol–water partition coefficient (Wildman–Crippen LogP) is 5.06. The fourth-order valence-corrected chi connectivity index (χ4v) is 3.94. The van der Waals surface area contributed by atoms with Crippen LogP contribution in [0.15, 0.2) is 12.2 Å². The molecule has 2 atom stereocenters. The molecule has 1 aliphatic carbocycles. The van der Waals surface area contributed by atoms with Crippen molar-refractivity contribution in [2.75, 3.05) is 6.61 Å². The minimum absolute atomic E-state index is 0.0173. The fraction of sp³-hybridized carbons (Fsp3) is 0.810. The maximum Gasteiger partial charge on any atom is 0.333 e. The van der Waals surface area contributed by atoms with E-state index in [2.05, 4.69) is 20.4 Å². The van der Waals surface area contributed by atoms with Gasteiger partial charge in [-0.15, -0.1) is 0 Å². The maximum absolute atomic E-state index is 11.7. The molecule has 1 saturated carbocycles. The van der Waals surface area contributed by atoms with Crippen molar-refractivity contribution in [1.82, 2.24) is 0 Å². The first-order valence-corrected chi connectivity index (χ1v) is 9.88. The molecule has 2 unspecified atom stereocenters. The third kappa shape index (κ3) is 7.62. The van der Waals surface area contributed by atoms with E-state index in [0.717, 1.165) is 51.4 Å². The van der Waals surface area contributed by atoms with Gasteiger partial charge in [-0.1, -0.05) is 46.1 Å². The molecule has 25 heavy (non-hydrogen) atoms. The highest BCUT2D eigenvalue weighted by atomic mass is 16.5. The number of carbonyl (C=O) groups excluding carboxylic acids is 2. The van der Waals surface area contributed by atoms with Gasteiger partial charge in [0.05, 0.1) is 6.61 Å². The van der Waals surface area contributed by atoms with Crippen LogP contribution < -0.4 is 0 Å². The lowest BCUT2D eigenvalue weighted by molar-refractivity contribution is -0.158. The summed E-state index contributed by atoms with van der Waals surface area (Å²) in [5.74, 6) is 0.595. The fourth-order valence-electron chi connectivity index (χ4n) is 3.94. The minimum atomic E-state index is -0.308.